The van der Waals surface area contributed by atoms with E-state index in [1.54, 1.807) is 14.1 Å². The lowest BCUT2D eigenvalue weighted by Gasteiger charge is -2.15. The summed E-state index contributed by atoms with van der Waals surface area (Å²) >= 11 is 0. The van der Waals surface area contributed by atoms with Crippen LogP contribution in [0.15, 0.2) is 29.3 Å². The quantitative estimate of drug-likeness (QED) is 0.495. The van der Waals surface area contributed by atoms with Crippen LogP contribution < -0.4 is 15.8 Å². The number of likely N-dealkylation sites (N-methyl/N-ethyl adjacent to an activating group) is 1. The molecule has 0 radical (unpaired) electrons. The molecule has 1 aromatic carbocycles. The first-order valence-corrected chi connectivity index (χ1v) is 9.26. The third kappa shape index (κ3) is 9.30. The average molecular weight is 363 g/mol. The zero-order chi connectivity index (χ0) is 19.5. The van der Waals surface area contributed by atoms with Gasteiger partial charge in [0.2, 0.25) is 0 Å². The largest absolute Gasteiger partial charge is 0.484 e. The van der Waals surface area contributed by atoms with Crippen LogP contribution in [0.25, 0.3) is 0 Å². The summed E-state index contributed by atoms with van der Waals surface area (Å²) in [6.07, 6.45) is 3.49. The number of hydrogen-bond donors (Lipinski definition) is 2. The molecule has 1 aromatic rings. The molecule has 1 unspecified atom stereocenters. The molecule has 0 aliphatic rings. The first kappa shape index (κ1) is 21.8. The highest BCUT2D eigenvalue weighted by molar-refractivity contribution is 5.78. The van der Waals surface area contributed by atoms with E-state index < -0.39 is 0 Å². The van der Waals surface area contributed by atoms with Gasteiger partial charge in [-0.05, 0) is 37.0 Å². The number of nitrogens with zero attached hydrogens (tertiary/aromatic N) is 2. The average Bonchev–Trinajstić information content (AvgIpc) is 2.57. The number of carbonyl (C=O) groups is 1. The number of ether oxygens (including phenoxy) is 1. The van der Waals surface area contributed by atoms with Gasteiger partial charge in [-0.3, -0.25) is 4.79 Å². The van der Waals surface area contributed by atoms with Crippen LogP contribution >= 0.6 is 0 Å². The highest BCUT2D eigenvalue weighted by Crippen LogP contribution is 2.14. The zero-order valence-corrected chi connectivity index (χ0v) is 16.8. The van der Waals surface area contributed by atoms with E-state index in [0.717, 1.165) is 17.9 Å². The first-order chi connectivity index (χ1) is 12.3. The molecule has 6 heteroatoms. The fourth-order valence-electron chi connectivity index (χ4n) is 2.39. The van der Waals surface area contributed by atoms with Crippen molar-refractivity contribution < 1.29 is 9.53 Å². The lowest BCUT2D eigenvalue weighted by Crippen LogP contribution is -2.38. The highest BCUT2D eigenvalue weighted by Gasteiger charge is 2.06. The minimum absolute atomic E-state index is 0.0251. The minimum Gasteiger partial charge on any atom is -0.484 e. The molecule has 0 heterocycles. The van der Waals surface area contributed by atoms with Crippen molar-refractivity contribution in [2.24, 2.45) is 16.6 Å². The Bertz CT molecular complexity index is 585. The molecule has 1 rings (SSSR count). The molecule has 3 N–H and O–H groups in total. The summed E-state index contributed by atoms with van der Waals surface area (Å²) in [5, 5.41) is 3.24. The van der Waals surface area contributed by atoms with Gasteiger partial charge in [0, 0.05) is 20.1 Å². The molecule has 0 aromatic heterocycles. The second kappa shape index (κ2) is 11.4. The van der Waals surface area contributed by atoms with Crippen LogP contribution in [0.1, 0.15) is 45.6 Å². The Morgan fingerprint density at radius 1 is 1.27 bits per heavy atom. The van der Waals surface area contributed by atoms with Crippen molar-refractivity contribution in [3.63, 3.8) is 0 Å². The Kier molecular flexibility index (Phi) is 9.55. The minimum atomic E-state index is -0.0756. The van der Waals surface area contributed by atoms with Crippen LogP contribution in [0.2, 0.25) is 0 Å². The van der Waals surface area contributed by atoms with Crippen molar-refractivity contribution in [3.8, 4) is 5.75 Å². The Hall–Kier alpha value is -2.24. The predicted molar refractivity (Wildman–Crippen MR) is 107 cm³/mol. The van der Waals surface area contributed by atoms with Gasteiger partial charge < -0.3 is 20.7 Å². The summed E-state index contributed by atoms with van der Waals surface area (Å²) < 4.78 is 5.52. The van der Waals surface area contributed by atoms with Gasteiger partial charge in [-0.1, -0.05) is 38.8 Å². The van der Waals surface area contributed by atoms with Crippen LogP contribution in [-0.4, -0.2) is 43.5 Å². The highest BCUT2D eigenvalue weighted by atomic mass is 16.5. The summed E-state index contributed by atoms with van der Waals surface area (Å²) in [7, 11) is 3.41. The Labute approximate surface area is 157 Å². The topological polar surface area (TPSA) is 80.0 Å². The monoisotopic (exact) mass is 362 g/mol. The van der Waals surface area contributed by atoms with E-state index in [4.69, 9.17) is 10.5 Å². The third-order valence-electron chi connectivity index (χ3n) is 4.00. The van der Waals surface area contributed by atoms with Gasteiger partial charge >= 0.3 is 0 Å². The van der Waals surface area contributed by atoms with E-state index in [1.165, 1.54) is 17.7 Å². The van der Waals surface area contributed by atoms with Crippen molar-refractivity contribution in [3.05, 3.63) is 29.8 Å². The van der Waals surface area contributed by atoms with E-state index in [-0.39, 0.29) is 12.5 Å². The predicted octanol–water partition coefficient (Wildman–Crippen LogP) is 2.77. The summed E-state index contributed by atoms with van der Waals surface area (Å²) in [6, 6.07) is 7.87. The number of aliphatic imine (C=N–C) groups is 1. The van der Waals surface area contributed by atoms with Crippen molar-refractivity contribution in [2.75, 3.05) is 20.7 Å². The van der Waals surface area contributed by atoms with Crippen LogP contribution in [0.5, 0.6) is 5.75 Å². The van der Waals surface area contributed by atoms with E-state index in [2.05, 4.69) is 31.1 Å². The molecular weight excluding hydrogens is 328 g/mol. The van der Waals surface area contributed by atoms with Crippen LogP contribution in [-0.2, 0) is 11.3 Å². The molecule has 26 heavy (non-hydrogen) atoms. The van der Waals surface area contributed by atoms with Crippen molar-refractivity contribution >= 4 is 11.9 Å². The Balaban J connectivity index is 2.46. The summed E-state index contributed by atoms with van der Waals surface area (Å²) in [5.41, 5.74) is 6.96. The number of benzene rings is 1. The molecule has 0 saturated carbocycles. The number of nitrogens with one attached hydrogen (secondary N) is 1. The smallest absolute Gasteiger partial charge is 0.259 e. The maximum Gasteiger partial charge on any atom is 0.259 e. The molecule has 1 atom stereocenters. The lowest BCUT2D eigenvalue weighted by atomic mass is 10.0. The molecule has 0 fully saturated rings. The van der Waals surface area contributed by atoms with Gasteiger partial charge in [0.1, 0.15) is 5.75 Å². The molecule has 0 aliphatic carbocycles. The molecule has 146 valence electrons. The molecular formula is C20H34N4O2. The maximum absolute atomic E-state index is 11.6. The van der Waals surface area contributed by atoms with E-state index >= 15 is 0 Å². The van der Waals surface area contributed by atoms with Crippen LogP contribution in [0.3, 0.4) is 0 Å². The molecule has 1 amide bonds. The molecule has 0 saturated heterocycles. The summed E-state index contributed by atoms with van der Waals surface area (Å²) in [6.45, 7) is 7.09. The van der Waals surface area contributed by atoms with Gasteiger partial charge in [-0.2, -0.15) is 0 Å². The SMILES string of the molecule is CC(C)CCCC(C)NC(N)=NCc1cccc(OCC(=O)N(C)C)c1. The normalized spacial score (nSPS) is 12.8. The molecule has 6 nitrogen and oxygen atoms in total. The zero-order valence-electron chi connectivity index (χ0n) is 16.8. The first-order valence-electron chi connectivity index (χ1n) is 9.26. The van der Waals surface area contributed by atoms with E-state index in [9.17, 15) is 4.79 Å². The van der Waals surface area contributed by atoms with Crippen molar-refractivity contribution in [2.45, 2.75) is 52.6 Å². The van der Waals surface area contributed by atoms with Crippen LogP contribution in [0.4, 0.5) is 0 Å². The molecule has 0 aliphatic heterocycles. The van der Waals surface area contributed by atoms with Crippen molar-refractivity contribution in [1.29, 1.82) is 0 Å². The Morgan fingerprint density at radius 2 is 2.00 bits per heavy atom. The standard InChI is InChI=1S/C20H34N4O2/c1-15(2)8-6-9-16(3)23-20(21)22-13-17-10-7-11-18(12-17)26-14-19(25)24(4)5/h7,10-12,15-16H,6,8-9,13-14H2,1-5H3,(H3,21,22,23). The lowest BCUT2D eigenvalue weighted by molar-refractivity contribution is -0.130. The number of amides is 1. The summed E-state index contributed by atoms with van der Waals surface area (Å²) in [4.78, 5) is 17.5. The number of carbonyl (C=O) groups excluding carboxylic acids is 1. The summed E-state index contributed by atoms with van der Waals surface area (Å²) in [5.74, 6) is 1.77. The third-order valence-corrected chi connectivity index (χ3v) is 4.00. The number of rotatable bonds is 10. The fraction of sp³-hybridized carbons (Fsp3) is 0.600. The van der Waals surface area contributed by atoms with Gasteiger partial charge in [0.15, 0.2) is 12.6 Å². The van der Waals surface area contributed by atoms with E-state index in [1.807, 2.05) is 24.3 Å². The van der Waals surface area contributed by atoms with Gasteiger partial charge in [0.25, 0.3) is 5.91 Å². The second-order valence-electron chi connectivity index (χ2n) is 7.30. The fourth-order valence-corrected chi connectivity index (χ4v) is 2.39. The molecule has 0 bridgehead atoms. The van der Waals surface area contributed by atoms with Crippen LogP contribution in [0, 0.1) is 5.92 Å². The van der Waals surface area contributed by atoms with Gasteiger partial charge in [-0.15, -0.1) is 0 Å². The Morgan fingerprint density at radius 3 is 2.65 bits per heavy atom. The van der Waals surface area contributed by atoms with Gasteiger partial charge in [0.05, 0.1) is 6.54 Å². The second-order valence-corrected chi connectivity index (χ2v) is 7.30. The van der Waals surface area contributed by atoms with Crippen molar-refractivity contribution in [1.82, 2.24) is 10.2 Å². The number of hydrogen-bond acceptors (Lipinski definition) is 3. The van der Waals surface area contributed by atoms with Gasteiger partial charge in [-0.25, -0.2) is 4.99 Å². The molecule has 0 spiro atoms. The maximum atomic E-state index is 11.6. The number of nitrogens with two attached hydrogens (primary N) is 1. The van der Waals surface area contributed by atoms with E-state index in [0.29, 0.717) is 24.3 Å². The number of guanidine groups is 1.